The minimum absolute atomic E-state index is 0.188. The quantitative estimate of drug-likeness (QED) is 0.811. The van der Waals surface area contributed by atoms with Gasteiger partial charge in [0, 0.05) is 22.6 Å². The van der Waals surface area contributed by atoms with Crippen LogP contribution in [0.3, 0.4) is 0 Å². The number of hydrogen-bond acceptors (Lipinski definition) is 4. The number of aromatic nitrogens is 2. The lowest BCUT2D eigenvalue weighted by Crippen LogP contribution is -2.12. The number of halogens is 1. The third kappa shape index (κ3) is 3.94. The Bertz CT molecular complexity index is 583. The maximum atomic E-state index is 4.40. The van der Waals surface area contributed by atoms with Gasteiger partial charge in [0.05, 0.1) is 0 Å². The summed E-state index contributed by atoms with van der Waals surface area (Å²) in [6.07, 6.45) is 2.49. The van der Waals surface area contributed by atoms with Crippen molar-refractivity contribution in [2.24, 2.45) is 0 Å². The van der Waals surface area contributed by atoms with E-state index in [2.05, 4.69) is 81.6 Å². The van der Waals surface area contributed by atoms with E-state index in [-0.39, 0.29) is 6.04 Å². The number of nitrogens with zero attached hydrogens (tertiary/aromatic N) is 2. The number of nitrogens with one attached hydrogen (secondary N) is 2. The fraction of sp³-hybridized carbons (Fsp3) is 0.375. The Morgan fingerprint density at radius 2 is 1.76 bits per heavy atom. The van der Waals surface area contributed by atoms with Gasteiger partial charge in [0.1, 0.15) is 18.0 Å². The molecule has 0 amide bonds. The zero-order chi connectivity index (χ0) is 15.2. The first-order chi connectivity index (χ1) is 10.2. The molecular formula is C16H21BrN4. The Kier molecular flexibility index (Phi) is 5.56. The predicted octanol–water partition coefficient (Wildman–Crippen LogP) is 4.41. The molecular weight excluding hydrogens is 328 g/mol. The lowest BCUT2D eigenvalue weighted by Gasteiger charge is -2.19. The highest BCUT2D eigenvalue weighted by Crippen LogP contribution is 2.25. The molecule has 112 valence electrons. The molecule has 0 saturated carbocycles. The number of rotatable bonds is 6. The molecule has 1 atom stereocenters. The highest BCUT2D eigenvalue weighted by Gasteiger charge is 2.12. The third-order valence-electron chi connectivity index (χ3n) is 3.37. The molecule has 0 aliphatic carbocycles. The van der Waals surface area contributed by atoms with Crippen molar-refractivity contribution in [2.75, 3.05) is 17.2 Å². The van der Waals surface area contributed by atoms with Crippen molar-refractivity contribution in [2.45, 2.75) is 33.2 Å². The molecule has 2 N–H and O–H groups in total. The van der Waals surface area contributed by atoms with Gasteiger partial charge in [-0.1, -0.05) is 35.0 Å². The zero-order valence-corrected chi connectivity index (χ0v) is 14.2. The van der Waals surface area contributed by atoms with Crippen LogP contribution in [-0.4, -0.2) is 16.5 Å². The predicted molar refractivity (Wildman–Crippen MR) is 91.8 cm³/mol. The molecule has 1 unspecified atom stereocenters. The average Bonchev–Trinajstić information content (AvgIpc) is 2.48. The van der Waals surface area contributed by atoms with E-state index in [0.29, 0.717) is 0 Å². The molecule has 5 heteroatoms. The van der Waals surface area contributed by atoms with E-state index in [1.54, 1.807) is 6.33 Å². The summed E-state index contributed by atoms with van der Waals surface area (Å²) >= 11 is 3.46. The molecule has 0 aliphatic rings. The van der Waals surface area contributed by atoms with Crippen LogP contribution in [-0.2, 0) is 6.42 Å². The molecule has 0 spiro atoms. The Labute approximate surface area is 134 Å². The van der Waals surface area contributed by atoms with E-state index in [1.807, 2.05) is 0 Å². The van der Waals surface area contributed by atoms with Crippen LogP contribution in [0.2, 0.25) is 0 Å². The van der Waals surface area contributed by atoms with Gasteiger partial charge in [0.25, 0.3) is 0 Å². The van der Waals surface area contributed by atoms with Crippen LogP contribution in [0.15, 0.2) is 35.1 Å². The first-order valence-electron chi connectivity index (χ1n) is 7.25. The molecule has 1 heterocycles. The molecule has 1 aromatic carbocycles. The molecule has 2 rings (SSSR count). The smallest absolute Gasteiger partial charge is 0.135 e. The van der Waals surface area contributed by atoms with E-state index < -0.39 is 0 Å². The van der Waals surface area contributed by atoms with Crippen molar-refractivity contribution in [1.82, 2.24) is 9.97 Å². The number of hydrogen-bond donors (Lipinski definition) is 2. The SMILES string of the molecule is CCNc1ncnc(NC(C)c2ccc(Br)cc2)c1CC. The van der Waals surface area contributed by atoms with Crippen molar-refractivity contribution in [1.29, 1.82) is 0 Å². The summed E-state index contributed by atoms with van der Waals surface area (Å²) in [5, 5.41) is 6.78. The second-order valence-electron chi connectivity index (χ2n) is 4.85. The van der Waals surface area contributed by atoms with Crippen molar-refractivity contribution in [3.8, 4) is 0 Å². The highest BCUT2D eigenvalue weighted by atomic mass is 79.9. The van der Waals surface area contributed by atoms with E-state index in [0.717, 1.165) is 34.6 Å². The monoisotopic (exact) mass is 348 g/mol. The van der Waals surface area contributed by atoms with Crippen LogP contribution in [0, 0.1) is 0 Å². The third-order valence-corrected chi connectivity index (χ3v) is 3.90. The molecule has 0 saturated heterocycles. The molecule has 0 fully saturated rings. The Morgan fingerprint density at radius 3 is 2.38 bits per heavy atom. The molecule has 1 aromatic heterocycles. The van der Waals surface area contributed by atoms with Crippen molar-refractivity contribution < 1.29 is 0 Å². The van der Waals surface area contributed by atoms with Gasteiger partial charge < -0.3 is 10.6 Å². The van der Waals surface area contributed by atoms with Gasteiger partial charge in [0.2, 0.25) is 0 Å². The average molecular weight is 349 g/mol. The topological polar surface area (TPSA) is 49.8 Å². The second kappa shape index (κ2) is 7.41. The van der Waals surface area contributed by atoms with Crippen LogP contribution >= 0.6 is 15.9 Å². The Hall–Kier alpha value is -1.62. The fourth-order valence-corrected chi connectivity index (χ4v) is 2.50. The maximum Gasteiger partial charge on any atom is 0.135 e. The van der Waals surface area contributed by atoms with Crippen LogP contribution in [0.5, 0.6) is 0 Å². The van der Waals surface area contributed by atoms with Crippen LogP contribution in [0.4, 0.5) is 11.6 Å². The minimum Gasteiger partial charge on any atom is -0.370 e. The summed E-state index contributed by atoms with van der Waals surface area (Å²) in [4.78, 5) is 8.73. The van der Waals surface area contributed by atoms with Gasteiger partial charge in [0.15, 0.2) is 0 Å². The summed E-state index contributed by atoms with van der Waals surface area (Å²) < 4.78 is 1.09. The first-order valence-corrected chi connectivity index (χ1v) is 8.04. The summed E-state index contributed by atoms with van der Waals surface area (Å²) in [5.41, 5.74) is 2.35. The maximum absolute atomic E-state index is 4.40. The van der Waals surface area contributed by atoms with Gasteiger partial charge in [-0.2, -0.15) is 0 Å². The van der Waals surface area contributed by atoms with Crippen molar-refractivity contribution in [3.05, 3.63) is 46.2 Å². The Balaban J connectivity index is 2.22. The molecule has 2 aromatic rings. The van der Waals surface area contributed by atoms with E-state index in [4.69, 9.17) is 0 Å². The van der Waals surface area contributed by atoms with Crippen LogP contribution in [0.25, 0.3) is 0 Å². The molecule has 0 aliphatic heterocycles. The second-order valence-corrected chi connectivity index (χ2v) is 5.77. The fourth-order valence-electron chi connectivity index (χ4n) is 2.23. The summed E-state index contributed by atoms with van der Waals surface area (Å²) in [6, 6.07) is 8.52. The summed E-state index contributed by atoms with van der Waals surface area (Å²) in [6.45, 7) is 7.18. The first kappa shape index (κ1) is 15.8. The molecule has 21 heavy (non-hydrogen) atoms. The van der Waals surface area contributed by atoms with Crippen LogP contribution < -0.4 is 10.6 Å². The van der Waals surface area contributed by atoms with Crippen molar-refractivity contribution in [3.63, 3.8) is 0 Å². The lowest BCUT2D eigenvalue weighted by atomic mass is 10.1. The van der Waals surface area contributed by atoms with E-state index >= 15 is 0 Å². The summed E-state index contributed by atoms with van der Waals surface area (Å²) in [7, 11) is 0. The highest BCUT2D eigenvalue weighted by molar-refractivity contribution is 9.10. The van der Waals surface area contributed by atoms with E-state index in [9.17, 15) is 0 Å². The van der Waals surface area contributed by atoms with Gasteiger partial charge in [-0.3, -0.25) is 0 Å². The lowest BCUT2D eigenvalue weighted by molar-refractivity contribution is 0.862. The van der Waals surface area contributed by atoms with Gasteiger partial charge >= 0.3 is 0 Å². The van der Waals surface area contributed by atoms with Gasteiger partial charge in [-0.05, 0) is 38.0 Å². The minimum atomic E-state index is 0.188. The molecule has 4 nitrogen and oxygen atoms in total. The normalized spacial score (nSPS) is 12.0. The largest absolute Gasteiger partial charge is 0.370 e. The molecule has 0 bridgehead atoms. The number of benzene rings is 1. The van der Waals surface area contributed by atoms with Crippen molar-refractivity contribution >= 4 is 27.6 Å². The van der Waals surface area contributed by atoms with Crippen LogP contribution in [0.1, 0.15) is 37.9 Å². The van der Waals surface area contributed by atoms with E-state index in [1.165, 1.54) is 5.56 Å². The molecule has 0 radical (unpaired) electrons. The summed E-state index contributed by atoms with van der Waals surface area (Å²) in [5.74, 6) is 1.82. The van der Waals surface area contributed by atoms with Gasteiger partial charge in [-0.15, -0.1) is 0 Å². The standard InChI is InChI=1S/C16H21BrN4/c1-4-14-15(18-5-2)19-10-20-16(14)21-11(3)12-6-8-13(17)9-7-12/h6-11H,4-5H2,1-3H3,(H2,18,19,20,21). The Morgan fingerprint density at radius 1 is 1.10 bits per heavy atom. The number of anilines is 2. The zero-order valence-electron chi connectivity index (χ0n) is 12.7. The van der Waals surface area contributed by atoms with Gasteiger partial charge in [-0.25, -0.2) is 9.97 Å².